The molecule has 1 N–H and O–H groups in total. The molecule has 0 saturated heterocycles. The molecule has 0 spiro atoms. The fourth-order valence-electron chi connectivity index (χ4n) is 3.34. The van der Waals surface area contributed by atoms with Crippen LogP contribution in [0.3, 0.4) is 0 Å². The van der Waals surface area contributed by atoms with E-state index in [4.69, 9.17) is 5.10 Å². The maximum absolute atomic E-state index is 10.2. The van der Waals surface area contributed by atoms with Crippen molar-refractivity contribution < 1.29 is 5.11 Å². The molecule has 5 heteroatoms. The first-order valence-electron chi connectivity index (χ1n) is 9.11. The predicted octanol–water partition coefficient (Wildman–Crippen LogP) is 4.40. The third-order valence-corrected chi connectivity index (χ3v) is 4.89. The molecule has 2 aromatic heterocycles. The highest BCUT2D eigenvalue weighted by atomic mass is 16.3. The lowest BCUT2D eigenvalue weighted by Crippen LogP contribution is -2.13. The maximum atomic E-state index is 10.2. The van der Waals surface area contributed by atoms with E-state index in [0.717, 1.165) is 22.3 Å². The van der Waals surface area contributed by atoms with Crippen molar-refractivity contribution in [3.05, 3.63) is 52.6 Å². The van der Waals surface area contributed by atoms with Crippen molar-refractivity contribution in [3.8, 4) is 0 Å². The Morgan fingerprint density at radius 3 is 2.15 bits per heavy atom. The van der Waals surface area contributed by atoms with Gasteiger partial charge in [-0.1, -0.05) is 45.0 Å². The molecule has 2 unspecified atom stereocenters. The summed E-state index contributed by atoms with van der Waals surface area (Å²) in [5.41, 5.74) is 4.85. The minimum atomic E-state index is -0.667. The van der Waals surface area contributed by atoms with E-state index < -0.39 is 6.10 Å². The zero-order chi connectivity index (χ0) is 19.2. The van der Waals surface area contributed by atoms with Crippen molar-refractivity contribution in [1.29, 1.82) is 0 Å². The highest BCUT2D eigenvalue weighted by Gasteiger charge is 2.22. The van der Waals surface area contributed by atoms with Crippen molar-refractivity contribution in [2.24, 2.45) is 0 Å². The summed E-state index contributed by atoms with van der Waals surface area (Å²) >= 11 is 0. The molecular formula is C21H28N4O. The van der Waals surface area contributed by atoms with Crippen LogP contribution in [0.1, 0.15) is 75.1 Å². The molecule has 3 rings (SSSR count). The van der Waals surface area contributed by atoms with Crippen LogP contribution in [0.4, 0.5) is 0 Å². The Labute approximate surface area is 155 Å². The number of nitrogens with zero attached hydrogens (tertiary/aromatic N) is 4. The molecule has 0 aliphatic rings. The molecule has 0 radical (unpaired) electrons. The average molecular weight is 352 g/mol. The highest BCUT2D eigenvalue weighted by Crippen LogP contribution is 2.30. The zero-order valence-corrected chi connectivity index (χ0v) is 16.7. The number of hydrogen-bond donors (Lipinski definition) is 1. The van der Waals surface area contributed by atoms with Gasteiger partial charge in [0, 0.05) is 0 Å². The average Bonchev–Trinajstić information content (AvgIpc) is 2.93. The summed E-state index contributed by atoms with van der Waals surface area (Å²) in [5, 5.41) is 15.7. The van der Waals surface area contributed by atoms with Gasteiger partial charge in [0.1, 0.15) is 11.5 Å². The Balaban J connectivity index is 2.12. The van der Waals surface area contributed by atoms with E-state index in [0.29, 0.717) is 11.5 Å². The summed E-state index contributed by atoms with van der Waals surface area (Å²) in [5.74, 6) is 0.712. The monoisotopic (exact) mass is 352 g/mol. The maximum Gasteiger partial charge on any atom is 0.162 e. The summed E-state index contributed by atoms with van der Waals surface area (Å²) in [7, 11) is 0. The van der Waals surface area contributed by atoms with Crippen molar-refractivity contribution in [1.82, 2.24) is 19.7 Å². The summed E-state index contributed by atoms with van der Waals surface area (Å²) in [6.45, 7) is 14.3. The number of fused-ring (bicyclic) bond motifs is 1. The molecule has 0 fully saturated rings. The van der Waals surface area contributed by atoms with Crippen LogP contribution in [-0.4, -0.2) is 24.9 Å². The number of hydrogen-bond acceptors (Lipinski definition) is 4. The molecule has 0 amide bonds. The second-order valence-electron chi connectivity index (χ2n) is 8.11. The van der Waals surface area contributed by atoms with E-state index in [1.54, 1.807) is 6.92 Å². The largest absolute Gasteiger partial charge is 0.387 e. The van der Waals surface area contributed by atoms with Crippen molar-refractivity contribution in [2.75, 3.05) is 0 Å². The molecule has 1 aromatic carbocycles. The van der Waals surface area contributed by atoms with Gasteiger partial charge >= 0.3 is 0 Å². The molecule has 2 atom stereocenters. The van der Waals surface area contributed by atoms with Gasteiger partial charge in [0.2, 0.25) is 0 Å². The Hall–Kier alpha value is -2.27. The Morgan fingerprint density at radius 2 is 1.62 bits per heavy atom. The number of benzene rings is 1. The quantitative estimate of drug-likeness (QED) is 0.759. The molecular weight excluding hydrogens is 324 g/mol. The SMILES string of the molecule is Cc1nc(C)c2c(C(C)O)nn(C(C)c3ccc(C(C)(C)C)cc3)c2n1. The van der Waals surface area contributed by atoms with Crippen LogP contribution in [0.25, 0.3) is 11.0 Å². The number of aliphatic hydroxyl groups is 1. The first-order chi connectivity index (χ1) is 12.1. The second kappa shape index (κ2) is 6.47. The van der Waals surface area contributed by atoms with E-state index in [9.17, 15) is 5.11 Å². The predicted molar refractivity (Wildman–Crippen MR) is 104 cm³/mol. The van der Waals surface area contributed by atoms with E-state index in [-0.39, 0.29) is 11.5 Å². The molecule has 3 aromatic rings. The van der Waals surface area contributed by atoms with Gasteiger partial charge in [-0.2, -0.15) is 5.10 Å². The van der Waals surface area contributed by atoms with Crippen LogP contribution in [0.5, 0.6) is 0 Å². The fourth-order valence-corrected chi connectivity index (χ4v) is 3.34. The van der Waals surface area contributed by atoms with Gasteiger partial charge in [-0.3, -0.25) is 0 Å². The molecule has 0 bridgehead atoms. The summed E-state index contributed by atoms with van der Waals surface area (Å²) < 4.78 is 1.91. The van der Waals surface area contributed by atoms with E-state index in [1.807, 2.05) is 18.5 Å². The lowest BCUT2D eigenvalue weighted by Gasteiger charge is -2.20. The topological polar surface area (TPSA) is 63.8 Å². The van der Waals surface area contributed by atoms with Gasteiger partial charge in [-0.25, -0.2) is 14.6 Å². The molecule has 0 saturated carbocycles. The molecule has 26 heavy (non-hydrogen) atoms. The van der Waals surface area contributed by atoms with E-state index in [1.165, 1.54) is 5.56 Å². The first kappa shape index (κ1) is 18.5. The summed E-state index contributed by atoms with van der Waals surface area (Å²) in [6, 6.07) is 8.67. The normalized spacial score (nSPS) is 14.6. The van der Waals surface area contributed by atoms with Crippen LogP contribution >= 0.6 is 0 Å². The van der Waals surface area contributed by atoms with Crippen molar-refractivity contribution in [3.63, 3.8) is 0 Å². The molecule has 138 valence electrons. The number of aromatic nitrogens is 4. The zero-order valence-electron chi connectivity index (χ0n) is 16.7. The first-order valence-corrected chi connectivity index (χ1v) is 9.11. The van der Waals surface area contributed by atoms with Crippen molar-refractivity contribution >= 4 is 11.0 Å². The van der Waals surface area contributed by atoms with Gasteiger partial charge in [0.15, 0.2) is 5.65 Å². The molecule has 5 nitrogen and oxygen atoms in total. The smallest absolute Gasteiger partial charge is 0.162 e. The Bertz CT molecular complexity index is 933. The fraction of sp³-hybridized carbons (Fsp3) is 0.476. The summed E-state index contributed by atoms with van der Waals surface area (Å²) in [4.78, 5) is 9.07. The highest BCUT2D eigenvalue weighted by molar-refractivity contribution is 5.81. The van der Waals surface area contributed by atoms with Gasteiger partial charge < -0.3 is 5.11 Å². The van der Waals surface area contributed by atoms with Crippen LogP contribution in [0, 0.1) is 13.8 Å². The minimum absolute atomic E-state index is 0.00715. The lowest BCUT2D eigenvalue weighted by molar-refractivity contribution is 0.194. The summed E-state index contributed by atoms with van der Waals surface area (Å²) in [6.07, 6.45) is -0.667. The van der Waals surface area contributed by atoms with Crippen LogP contribution < -0.4 is 0 Å². The van der Waals surface area contributed by atoms with E-state index in [2.05, 4.69) is 61.9 Å². The molecule has 0 aliphatic carbocycles. The van der Waals surface area contributed by atoms with Gasteiger partial charge in [0.25, 0.3) is 0 Å². The third-order valence-electron chi connectivity index (χ3n) is 4.89. The van der Waals surface area contributed by atoms with Gasteiger partial charge in [0.05, 0.1) is 23.2 Å². The Kier molecular flexibility index (Phi) is 4.61. The third kappa shape index (κ3) is 3.23. The van der Waals surface area contributed by atoms with Crippen molar-refractivity contribution in [2.45, 2.75) is 66.0 Å². The van der Waals surface area contributed by atoms with Gasteiger partial charge in [-0.05, 0) is 44.2 Å². The number of aliphatic hydroxyl groups excluding tert-OH is 1. The second-order valence-corrected chi connectivity index (χ2v) is 8.11. The van der Waals surface area contributed by atoms with E-state index >= 15 is 0 Å². The molecule has 2 heterocycles. The Morgan fingerprint density at radius 1 is 1.00 bits per heavy atom. The number of rotatable bonds is 3. The van der Waals surface area contributed by atoms with Crippen LogP contribution in [-0.2, 0) is 5.41 Å². The standard InChI is InChI=1S/C21H28N4O/c1-12-18-19(14(3)26)24-25(20(18)23-15(4)22-12)13(2)16-8-10-17(11-9-16)21(5,6)7/h8-11,13-14,26H,1-7H3. The van der Waals surface area contributed by atoms with Crippen LogP contribution in [0.2, 0.25) is 0 Å². The van der Waals surface area contributed by atoms with Gasteiger partial charge in [-0.15, -0.1) is 0 Å². The lowest BCUT2D eigenvalue weighted by atomic mass is 9.86. The number of aryl methyl sites for hydroxylation is 2. The molecule has 0 aliphatic heterocycles. The minimum Gasteiger partial charge on any atom is -0.387 e. The van der Waals surface area contributed by atoms with Crippen LogP contribution in [0.15, 0.2) is 24.3 Å².